The molecule has 1 amide bonds. The molecule has 0 spiro atoms. The van der Waals surface area contributed by atoms with Crippen molar-refractivity contribution in [2.24, 2.45) is 5.92 Å². The van der Waals surface area contributed by atoms with E-state index < -0.39 is 5.97 Å². The van der Waals surface area contributed by atoms with Crippen LogP contribution in [0.4, 0.5) is 0 Å². The number of carbonyl (C=O) groups excluding carboxylic acids is 1. The fourth-order valence-corrected chi connectivity index (χ4v) is 4.08. The lowest BCUT2D eigenvalue weighted by atomic mass is 9.85. The summed E-state index contributed by atoms with van der Waals surface area (Å²) >= 11 is 0. The van der Waals surface area contributed by atoms with Crippen LogP contribution in [0.15, 0.2) is 22.8 Å². The first kappa shape index (κ1) is 19.0. The van der Waals surface area contributed by atoms with Crippen molar-refractivity contribution in [3.63, 3.8) is 0 Å². The Kier molecular flexibility index (Phi) is 5.15. The van der Waals surface area contributed by atoms with Gasteiger partial charge in [0.1, 0.15) is 5.58 Å². The molecule has 2 aliphatic rings. The minimum atomic E-state index is -0.773. The third kappa shape index (κ3) is 4.22. The van der Waals surface area contributed by atoms with Crippen molar-refractivity contribution in [2.75, 3.05) is 13.1 Å². The van der Waals surface area contributed by atoms with Gasteiger partial charge in [-0.1, -0.05) is 0 Å². The van der Waals surface area contributed by atoms with E-state index in [9.17, 15) is 9.59 Å². The summed E-state index contributed by atoms with van der Waals surface area (Å²) in [5.41, 5.74) is 4.09. The van der Waals surface area contributed by atoms with Gasteiger partial charge in [-0.25, -0.2) is 0 Å². The van der Waals surface area contributed by atoms with E-state index in [1.54, 1.807) is 6.26 Å². The third-order valence-corrected chi connectivity index (χ3v) is 6.14. The van der Waals surface area contributed by atoms with Gasteiger partial charge in [-0.3, -0.25) is 14.5 Å². The molecule has 1 aromatic heterocycles. The number of nitrogens with one attached hydrogen (secondary N) is 1. The predicted octanol–water partition coefficient (Wildman–Crippen LogP) is 3.04. The number of carboxylic acids is 1. The van der Waals surface area contributed by atoms with Crippen LogP contribution in [0.3, 0.4) is 0 Å². The molecule has 1 aromatic carbocycles. The zero-order chi connectivity index (χ0) is 19.8. The zero-order valence-electron chi connectivity index (χ0n) is 16.5. The van der Waals surface area contributed by atoms with Gasteiger partial charge in [-0.2, -0.15) is 0 Å². The smallest absolute Gasteiger partial charge is 0.317 e. The highest BCUT2D eigenvalue weighted by molar-refractivity contribution is 5.88. The number of carboxylic acid groups (broad SMARTS) is 1. The molecule has 4 rings (SSSR count). The van der Waals surface area contributed by atoms with E-state index >= 15 is 0 Å². The van der Waals surface area contributed by atoms with E-state index in [1.165, 1.54) is 24.0 Å². The summed E-state index contributed by atoms with van der Waals surface area (Å²) in [5.74, 6) is -0.115. The maximum absolute atomic E-state index is 12.5. The molecule has 0 unspecified atom stereocenters. The van der Waals surface area contributed by atoms with Crippen LogP contribution < -0.4 is 5.32 Å². The summed E-state index contributed by atoms with van der Waals surface area (Å²) < 4.78 is 5.62. The fourth-order valence-electron chi connectivity index (χ4n) is 4.08. The first-order valence-corrected chi connectivity index (χ1v) is 10.1. The van der Waals surface area contributed by atoms with E-state index in [4.69, 9.17) is 9.52 Å². The number of fused-ring (bicyclic) bond motifs is 1. The summed E-state index contributed by atoms with van der Waals surface area (Å²) in [4.78, 5) is 25.7. The van der Waals surface area contributed by atoms with Crippen LogP contribution in [0.1, 0.15) is 42.4 Å². The molecule has 0 radical (unpaired) electrons. The van der Waals surface area contributed by atoms with Gasteiger partial charge in [-0.05, 0) is 68.7 Å². The maximum Gasteiger partial charge on any atom is 0.317 e. The Morgan fingerprint density at radius 3 is 2.61 bits per heavy atom. The standard InChI is InChI=1S/C22H28N2O4/c1-13-5-19-16(12-28-20(19)6-14(13)2)7-21(25)23-17-8-18(9-17)24(11-22(26)27)10-15-3-4-15/h5-6,12,15,17-18H,3-4,7-11H2,1-2H3,(H,23,25)(H,26,27). The van der Waals surface area contributed by atoms with Crippen molar-refractivity contribution in [3.05, 3.63) is 35.1 Å². The number of hydrogen-bond donors (Lipinski definition) is 2. The number of amides is 1. The number of carbonyl (C=O) groups is 2. The number of furan rings is 1. The third-order valence-electron chi connectivity index (χ3n) is 6.14. The van der Waals surface area contributed by atoms with Crippen LogP contribution in [0.2, 0.25) is 0 Å². The van der Waals surface area contributed by atoms with Crippen LogP contribution in [0.5, 0.6) is 0 Å². The molecule has 2 N–H and O–H groups in total. The second-order valence-corrected chi connectivity index (χ2v) is 8.53. The SMILES string of the molecule is Cc1cc2occ(CC(=O)NC3CC(N(CC(=O)O)CC4CC4)C3)c2cc1C. The van der Waals surface area contributed by atoms with E-state index in [0.29, 0.717) is 12.3 Å². The second-order valence-electron chi connectivity index (χ2n) is 8.53. The van der Waals surface area contributed by atoms with Crippen molar-refractivity contribution >= 4 is 22.8 Å². The minimum Gasteiger partial charge on any atom is -0.480 e. The highest BCUT2D eigenvalue weighted by atomic mass is 16.4. The average Bonchev–Trinajstić information content (AvgIpc) is 3.33. The molecule has 2 fully saturated rings. The van der Waals surface area contributed by atoms with Crippen LogP contribution in [0.25, 0.3) is 11.0 Å². The summed E-state index contributed by atoms with van der Waals surface area (Å²) in [6.07, 6.45) is 6.06. The van der Waals surface area contributed by atoms with Gasteiger partial charge in [0, 0.05) is 29.6 Å². The Bertz CT molecular complexity index is 893. The first-order chi connectivity index (χ1) is 13.4. The summed E-state index contributed by atoms with van der Waals surface area (Å²) in [6.45, 7) is 5.08. The molecule has 6 nitrogen and oxygen atoms in total. The molecule has 2 saturated carbocycles. The number of aliphatic carboxylic acids is 1. The second kappa shape index (κ2) is 7.59. The molecule has 2 aliphatic carbocycles. The molecule has 0 saturated heterocycles. The molecule has 0 bridgehead atoms. The summed E-state index contributed by atoms with van der Waals surface area (Å²) in [6, 6.07) is 4.50. The topological polar surface area (TPSA) is 82.8 Å². The first-order valence-electron chi connectivity index (χ1n) is 10.1. The van der Waals surface area contributed by atoms with E-state index in [-0.39, 0.29) is 24.5 Å². The number of rotatable bonds is 8. The summed E-state index contributed by atoms with van der Waals surface area (Å²) in [7, 11) is 0. The Morgan fingerprint density at radius 2 is 1.93 bits per heavy atom. The van der Waals surface area contributed by atoms with Gasteiger partial charge >= 0.3 is 5.97 Å². The highest BCUT2D eigenvalue weighted by Crippen LogP contribution is 2.34. The highest BCUT2D eigenvalue weighted by Gasteiger charge is 2.37. The van der Waals surface area contributed by atoms with Crippen LogP contribution in [0, 0.1) is 19.8 Å². The van der Waals surface area contributed by atoms with Crippen molar-refractivity contribution in [3.8, 4) is 0 Å². The molecule has 2 aromatic rings. The molecule has 150 valence electrons. The van der Waals surface area contributed by atoms with E-state index in [2.05, 4.69) is 23.2 Å². The van der Waals surface area contributed by atoms with Gasteiger partial charge in [0.2, 0.25) is 5.91 Å². The maximum atomic E-state index is 12.5. The number of benzene rings is 1. The quantitative estimate of drug-likeness (QED) is 0.731. The average molecular weight is 384 g/mol. The van der Waals surface area contributed by atoms with E-state index in [0.717, 1.165) is 35.9 Å². The van der Waals surface area contributed by atoms with Gasteiger partial charge in [0.25, 0.3) is 0 Å². The number of hydrogen-bond acceptors (Lipinski definition) is 4. The van der Waals surface area contributed by atoms with Crippen molar-refractivity contribution in [1.29, 1.82) is 0 Å². The lowest BCUT2D eigenvalue weighted by Crippen LogP contribution is -2.55. The predicted molar refractivity (Wildman–Crippen MR) is 106 cm³/mol. The zero-order valence-corrected chi connectivity index (χ0v) is 16.5. The monoisotopic (exact) mass is 384 g/mol. The number of aryl methyl sites for hydroxylation is 2. The molecule has 1 heterocycles. The summed E-state index contributed by atoms with van der Waals surface area (Å²) in [5, 5.41) is 13.2. The van der Waals surface area contributed by atoms with E-state index in [1.807, 2.05) is 13.0 Å². The Balaban J connectivity index is 1.30. The molecular formula is C22H28N2O4. The lowest BCUT2D eigenvalue weighted by Gasteiger charge is -2.42. The van der Waals surface area contributed by atoms with Gasteiger partial charge < -0.3 is 14.8 Å². The molecule has 0 aliphatic heterocycles. The normalized spacial score (nSPS) is 21.7. The van der Waals surface area contributed by atoms with Gasteiger partial charge in [0.15, 0.2) is 0 Å². The Hall–Kier alpha value is -2.34. The minimum absolute atomic E-state index is 0.00337. The molecule has 0 atom stereocenters. The largest absolute Gasteiger partial charge is 0.480 e. The number of nitrogens with zero attached hydrogens (tertiary/aromatic N) is 1. The Morgan fingerprint density at radius 1 is 1.21 bits per heavy atom. The van der Waals surface area contributed by atoms with Crippen LogP contribution in [-0.2, 0) is 16.0 Å². The van der Waals surface area contributed by atoms with Crippen molar-refractivity contribution < 1.29 is 19.1 Å². The van der Waals surface area contributed by atoms with Crippen LogP contribution >= 0.6 is 0 Å². The Labute approximate surface area is 164 Å². The van der Waals surface area contributed by atoms with Gasteiger partial charge in [0.05, 0.1) is 19.2 Å². The van der Waals surface area contributed by atoms with Gasteiger partial charge in [-0.15, -0.1) is 0 Å². The van der Waals surface area contributed by atoms with Crippen molar-refractivity contribution in [1.82, 2.24) is 10.2 Å². The van der Waals surface area contributed by atoms with Crippen LogP contribution in [-0.4, -0.2) is 47.1 Å². The molecule has 28 heavy (non-hydrogen) atoms. The fraction of sp³-hybridized carbons (Fsp3) is 0.545. The van der Waals surface area contributed by atoms with Crippen molar-refractivity contribution in [2.45, 2.75) is 58.0 Å². The molecular weight excluding hydrogens is 356 g/mol. The lowest BCUT2D eigenvalue weighted by molar-refractivity contribution is -0.140. The molecule has 6 heteroatoms.